The Balaban J connectivity index is 2.00. The monoisotopic (exact) mass is 262 g/mol. The molecule has 0 aliphatic carbocycles. The molecule has 2 rings (SSSR count). The Morgan fingerprint density at radius 3 is 2.95 bits per heavy atom. The number of nitrogens with one attached hydrogen (secondary N) is 1. The van der Waals surface area contributed by atoms with Crippen LogP contribution in [0, 0.1) is 5.92 Å². The molecule has 2 N–H and O–H groups in total. The van der Waals surface area contributed by atoms with E-state index in [1.165, 1.54) is 0 Å². The maximum absolute atomic E-state index is 11.3. The Kier molecular flexibility index (Phi) is 3.74. The normalized spacial score (nSPS) is 14.7. The van der Waals surface area contributed by atoms with Crippen molar-refractivity contribution >= 4 is 23.3 Å². The lowest BCUT2D eigenvalue weighted by atomic mass is 10.1. The number of rotatable bonds is 5. The first kappa shape index (κ1) is 13.4. The van der Waals surface area contributed by atoms with E-state index >= 15 is 0 Å². The predicted molar refractivity (Wildman–Crippen MR) is 73.5 cm³/mol. The molecule has 0 spiro atoms. The molecule has 1 heterocycles. The van der Waals surface area contributed by atoms with Crippen molar-refractivity contribution in [2.75, 3.05) is 23.8 Å². The molecular weight excluding hydrogens is 244 g/mol. The number of aliphatic carboxylic acids is 1. The largest absolute Gasteiger partial charge is 0.481 e. The van der Waals surface area contributed by atoms with E-state index in [1.54, 1.807) is 6.92 Å². The van der Waals surface area contributed by atoms with Crippen molar-refractivity contribution in [1.29, 1.82) is 0 Å². The summed E-state index contributed by atoms with van der Waals surface area (Å²) < 4.78 is 0. The number of nitrogens with zero attached hydrogens (tertiary/aromatic N) is 1. The molecule has 102 valence electrons. The van der Waals surface area contributed by atoms with E-state index in [2.05, 4.69) is 5.32 Å². The molecule has 5 nitrogen and oxygen atoms in total. The number of carboxylic acids is 1. The van der Waals surface area contributed by atoms with Gasteiger partial charge in [0.25, 0.3) is 0 Å². The fourth-order valence-corrected chi connectivity index (χ4v) is 2.09. The Hall–Kier alpha value is -2.04. The number of carbonyl (C=O) groups excluding carboxylic acids is 1. The highest BCUT2D eigenvalue weighted by atomic mass is 16.4. The minimum Gasteiger partial charge on any atom is -0.481 e. The third-order valence-corrected chi connectivity index (χ3v) is 3.47. The van der Waals surface area contributed by atoms with Gasteiger partial charge in [0.05, 0.1) is 12.3 Å². The third kappa shape index (κ3) is 3.05. The van der Waals surface area contributed by atoms with Gasteiger partial charge in [-0.15, -0.1) is 0 Å². The highest BCUT2D eigenvalue weighted by Gasteiger charge is 2.18. The maximum Gasteiger partial charge on any atom is 0.306 e. The number of amides is 1. The molecule has 1 aromatic rings. The molecule has 0 bridgehead atoms. The highest BCUT2D eigenvalue weighted by Crippen LogP contribution is 2.27. The predicted octanol–water partition coefficient (Wildman–Crippen LogP) is 1.73. The first-order valence-corrected chi connectivity index (χ1v) is 6.34. The fraction of sp³-hybridized carbons (Fsp3) is 0.429. The quantitative estimate of drug-likeness (QED) is 0.848. The lowest BCUT2D eigenvalue weighted by Gasteiger charge is -2.21. The molecule has 0 saturated carbocycles. The van der Waals surface area contributed by atoms with Crippen molar-refractivity contribution < 1.29 is 14.7 Å². The molecule has 1 atom stereocenters. The molecular formula is C14H18N2O3. The number of anilines is 2. The van der Waals surface area contributed by atoms with Crippen LogP contribution in [0.2, 0.25) is 0 Å². The van der Waals surface area contributed by atoms with E-state index in [1.807, 2.05) is 30.1 Å². The van der Waals surface area contributed by atoms with Crippen LogP contribution in [0.25, 0.3) is 0 Å². The average molecular weight is 262 g/mol. The molecule has 0 radical (unpaired) electrons. The van der Waals surface area contributed by atoms with Crippen molar-refractivity contribution in [3.8, 4) is 0 Å². The summed E-state index contributed by atoms with van der Waals surface area (Å²) in [6.45, 7) is 2.38. The first-order valence-electron chi connectivity index (χ1n) is 6.34. The molecule has 1 unspecified atom stereocenters. The van der Waals surface area contributed by atoms with Crippen LogP contribution in [-0.2, 0) is 16.0 Å². The van der Waals surface area contributed by atoms with E-state index in [4.69, 9.17) is 5.11 Å². The maximum atomic E-state index is 11.3. The zero-order valence-corrected chi connectivity index (χ0v) is 11.1. The summed E-state index contributed by atoms with van der Waals surface area (Å²) >= 11 is 0. The Labute approximate surface area is 112 Å². The van der Waals surface area contributed by atoms with Gasteiger partial charge in [0.1, 0.15) is 0 Å². The van der Waals surface area contributed by atoms with E-state index in [0.29, 0.717) is 19.4 Å². The summed E-state index contributed by atoms with van der Waals surface area (Å²) in [6, 6.07) is 5.82. The lowest BCUT2D eigenvalue weighted by molar-refractivity contribution is -0.141. The summed E-state index contributed by atoms with van der Waals surface area (Å²) in [6.07, 6.45) is 1.02. The summed E-state index contributed by atoms with van der Waals surface area (Å²) in [7, 11) is 1.93. The number of fused-ring (bicyclic) bond motifs is 1. The van der Waals surface area contributed by atoms with Crippen LogP contribution < -0.4 is 10.2 Å². The van der Waals surface area contributed by atoms with Crippen molar-refractivity contribution in [2.45, 2.75) is 19.8 Å². The second-order valence-electron chi connectivity index (χ2n) is 5.02. The lowest BCUT2D eigenvalue weighted by Crippen LogP contribution is -2.23. The van der Waals surface area contributed by atoms with Crippen molar-refractivity contribution in [1.82, 2.24) is 0 Å². The molecule has 19 heavy (non-hydrogen) atoms. The van der Waals surface area contributed by atoms with Crippen LogP contribution in [0.4, 0.5) is 11.4 Å². The summed E-state index contributed by atoms with van der Waals surface area (Å²) in [4.78, 5) is 24.1. The number of hydrogen-bond donors (Lipinski definition) is 2. The van der Waals surface area contributed by atoms with Gasteiger partial charge in [0, 0.05) is 25.0 Å². The zero-order chi connectivity index (χ0) is 14.0. The minimum atomic E-state index is -0.767. The standard InChI is InChI=1S/C14H18N2O3/c1-9(14(18)19)5-6-16(2)11-3-4-12-10(7-11)8-13(17)15-12/h3-4,7,9H,5-6,8H2,1-2H3,(H,15,17)(H,18,19). The number of benzene rings is 1. The molecule has 1 aliphatic heterocycles. The average Bonchev–Trinajstić information content (AvgIpc) is 2.74. The van der Waals surface area contributed by atoms with Gasteiger partial charge in [0.15, 0.2) is 0 Å². The van der Waals surface area contributed by atoms with Crippen LogP contribution in [0.1, 0.15) is 18.9 Å². The van der Waals surface area contributed by atoms with Crippen molar-refractivity contribution in [3.63, 3.8) is 0 Å². The van der Waals surface area contributed by atoms with Crippen molar-refractivity contribution in [2.24, 2.45) is 5.92 Å². The van der Waals surface area contributed by atoms with Crippen molar-refractivity contribution in [3.05, 3.63) is 23.8 Å². The zero-order valence-electron chi connectivity index (χ0n) is 11.1. The van der Waals surface area contributed by atoms with Gasteiger partial charge in [-0.25, -0.2) is 0 Å². The van der Waals surface area contributed by atoms with Gasteiger partial charge in [0.2, 0.25) is 5.91 Å². The van der Waals surface area contributed by atoms with E-state index in [9.17, 15) is 9.59 Å². The van der Waals surface area contributed by atoms with E-state index in [0.717, 1.165) is 16.9 Å². The Morgan fingerprint density at radius 1 is 1.53 bits per heavy atom. The number of hydrogen-bond acceptors (Lipinski definition) is 3. The second kappa shape index (κ2) is 5.30. The van der Waals surface area contributed by atoms with Crippen LogP contribution >= 0.6 is 0 Å². The summed E-state index contributed by atoms with van der Waals surface area (Å²) in [5, 5.41) is 11.7. The Morgan fingerprint density at radius 2 is 2.26 bits per heavy atom. The summed E-state index contributed by atoms with van der Waals surface area (Å²) in [5.41, 5.74) is 2.88. The van der Waals surface area contributed by atoms with Gasteiger partial charge in [-0.05, 0) is 30.2 Å². The van der Waals surface area contributed by atoms with Gasteiger partial charge in [-0.2, -0.15) is 0 Å². The second-order valence-corrected chi connectivity index (χ2v) is 5.02. The minimum absolute atomic E-state index is 0.0225. The van der Waals surface area contributed by atoms with E-state index < -0.39 is 5.97 Å². The van der Waals surface area contributed by atoms with Crippen LogP contribution in [0.3, 0.4) is 0 Å². The smallest absolute Gasteiger partial charge is 0.306 e. The molecule has 0 saturated heterocycles. The summed E-state index contributed by atoms with van der Waals surface area (Å²) in [5.74, 6) is -1.09. The molecule has 1 amide bonds. The first-order chi connectivity index (χ1) is 8.97. The van der Waals surface area contributed by atoms with Crippen LogP contribution in [-0.4, -0.2) is 30.6 Å². The van der Waals surface area contributed by atoms with Crippen LogP contribution in [0.15, 0.2) is 18.2 Å². The molecule has 0 fully saturated rings. The molecule has 1 aromatic carbocycles. The van der Waals surface area contributed by atoms with Gasteiger partial charge < -0.3 is 15.3 Å². The molecule has 1 aliphatic rings. The van der Waals surface area contributed by atoms with Crippen LogP contribution in [0.5, 0.6) is 0 Å². The molecule has 5 heteroatoms. The van der Waals surface area contributed by atoms with Gasteiger partial charge in [-0.3, -0.25) is 9.59 Å². The highest BCUT2D eigenvalue weighted by molar-refractivity contribution is 5.99. The van der Waals surface area contributed by atoms with Gasteiger partial charge in [-0.1, -0.05) is 6.92 Å². The Bertz CT molecular complexity index is 513. The number of carbonyl (C=O) groups is 2. The molecule has 0 aromatic heterocycles. The third-order valence-electron chi connectivity index (χ3n) is 3.47. The number of carboxylic acid groups (broad SMARTS) is 1. The SMILES string of the molecule is CC(CCN(C)c1ccc2c(c1)CC(=O)N2)C(=O)O. The topological polar surface area (TPSA) is 69.6 Å². The van der Waals surface area contributed by atoms with E-state index in [-0.39, 0.29) is 11.8 Å². The fourth-order valence-electron chi connectivity index (χ4n) is 2.09. The van der Waals surface area contributed by atoms with Gasteiger partial charge >= 0.3 is 5.97 Å².